The molecule has 0 fully saturated rings. The third-order valence-electron chi connectivity index (χ3n) is 0.807. The Balaban J connectivity index is 4.32. The average molecular weight is 123 g/mol. The molecule has 0 aliphatic carbocycles. The molecule has 0 unspecified atom stereocenters. The van der Waals surface area contributed by atoms with Crippen LogP contribution < -0.4 is 0 Å². The largest absolute Gasteiger partial charge is 0.293 e. The predicted molar refractivity (Wildman–Crippen MR) is 38.5 cm³/mol. The smallest absolute Gasteiger partial charge is 0.178 e. The monoisotopic (exact) mass is 123 g/mol. The molecule has 9 heavy (non-hydrogen) atoms. The number of rotatable bonds is 3. The van der Waals surface area contributed by atoms with Gasteiger partial charge in [-0.2, -0.15) is 0 Å². The standard InChI is InChI=1S/C7H9NO/c1-4-5-7(8-3)6(2)9/h4-5H,1,3H2,2H3/b7-5-. The van der Waals surface area contributed by atoms with E-state index in [-0.39, 0.29) is 5.78 Å². The summed E-state index contributed by atoms with van der Waals surface area (Å²) in [5, 5.41) is 0. The lowest BCUT2D eigenvalue weighted by Crippen LogP contribution is -1.91. The summed E-state index contributed by atoms with van der Waals surface area (Å²) in [6.07, 6.45) is 3.03. The third kappa shape index (κ3) is 2.59. The van der Waals surface area contributed by atoms with Gasteiger partial charge in [0.15, 0.2) is 5.78 Å². The molecule has 0 saturated heterocycles. The zero-order valence-corrected chi connectivity index (χ0v) is 5.42. The van der Waals surface area contributed by atoms with Gasteiger partial charge >= 0.3 is 0 Å². The Morgan fingerprint density at radius 3 is 2.33 bits per heavy atom. The molecule has 0 heterocycles. The third-order valence-corrected chi connectivity index (χ3v) is 0.807. The number of hydrogen-bond acceptors (Lipinski definition) is 2. The average Bonchev–Trinajstić information content (AvgIpc) is 1.82. The summed E-state index contributed by atoms with van der Waals surface area (Å²) >= 11 is 0. The van der Waals surface area contributed by atoms with Gasteiger partial charge in [0.05, 0.1) is 0 Å². The fraction of sp³-hybridized carbons (Fsp3) is 0.143. The van der Waals surface area contributed by atoms with Crippen molar-refractivity contribution >= 4 is 12.5 Å². The molecule has 0 amide bonds. The lowest BCUT2D eigenvalue weighted by atomic mass is 10.3. The number of hydrogen-bond donors (Lipinski definition) is 0. The van der Waals surface area contributed by atoms with Crippen LogP contribution in [0.4, 0.5) is 0 Å². The van der Waals surface area contributed by atoms with E-state index in [1.54, 1.807) is 0 Å². The number of nitrogens with zero attached hydrogens (tertiary/aromatic N) is 1. The van der Waals surface area contributed by atoms with Crippen molar-refractivity contribution in [1.82, 2.24) is 0 Å². The van der Waals surface area contributed by atoms with E-state index in [0.717, 1.165) is 0 Å². The predicted octanol–water partition coefficient (Wildman–Crippen LogP) is 1.35. The Labute approximate surface area is 54.6 Å². The van der Waals surface area contributed by atoms with Crippen molar-refractivity contribution in [3.8, 4) is 0 Å². The highest BCUT2D eigenvalue weighted by molar-refractivity contribution is 5.93. The molecule has 0 aromatic heterocycles. The van der Waals surface area contributed by atoms with Crippen molar-refractivity contribution in [1.29, 1.82) is 0 Å². The van der Waals surface area contributed by atoms with Crippen molar-refractivity contribution in [3.05, 3.63) is 24.4 Å². The highest BCUT2D eigenvalue weighted by Crippen LogP contribution is 1.95. The molecule has 0 aliphatic heterocycles. The first-order valence-corrected chi connectivity index (χ1v) is 2.52. The minimum Gasteiger partial charge on any atom is -0.293 e. The second-order valence-electron chi connectivity index (χ2n) is 1.50. The van der Waals surface area contributed by atoms with E-state index < -0.39 is 0 Å². The van der Waals surface area contributed by atoms with Crippen molar-refractivity contribution in [2.75, 3.05) is 0 Å². The molecule has 0 saturated carbocycles. The molecular formula is C7H9NO. The van der Waals surface area contributed by atoms with Gasteiger partial charge in [0, 0.05) is 6.92 Å². The van der Waals surface area contributed by atoms with Crippen molar-refractivity contribution < 1.29 is 4.79 Å². The minimum absolute atomic E-state index is 0.0927. The van der Waals surface area contributed by atoms with Gasteiger partial charge in [-0.1, -0.05) is 12.7 Å². The Bertz CT molecular complexity index is 168. The van der Waals surface area contributed by atoms with Crippen molar-refractivity contribution in [2.45, 2.75) is 6.92 Å². The van der Waals surface area contributed by atoms with Gasteiger partial charge in [0.1, 0.15) is 5.70 Å². The molecule has 2 nitrogen and oxygen atoms in total. The van der Waals surface area contributed by atoms with Crippen LogP contribution in [0.2, 0.25) is 0 Å². The van der Waals surface area contributed by atoms with Gasteiger partial charge in [0.25, 0.3) is 0 Å². The van der Waals surface area contributed by atoms with E-state index in [9.17, 15) is 4.79 Å². The summed E-state index contributed by atoms with van der Waals surface area (Å²) in [6.45, 7) is 8.06. The molecule has 0 rings (SSSR count). The second kappa shape index (κ2) is 3.78. The Kier molecular flexibility index (Phi) is 3.28. The molecule has 0 bridgehead atoms. The van der Waals surface area contributed by atoms with E-state index in [1.165, 1.54) is 19.1 Å². The molecule has 0 aliphatic rings. The molecule has 0 aromatic carbocycles. The first-order valence-electron chi connectivity index (χ1n) is 2.52. The van der Waals surface area contributed by atoms with Gasteiger partial charge in [0.2, 0.25) is 0 Å². The Morgan fingerprint density at radius 2 is 2.22 bits per heavy atom. The van der Waals surface area contributed by atoms with Gasteiger partial charge in [-0.05, 0) is 12.8 Å². The molecule has 2 heteroatoms. The molecule has 0 spiro atoms. The minimum atomic E-state index is -0.0927. The Morgan fingerprint density at radius 1 is 1.67 bits per heavy atom. The summed E-state index contributed by atoms with van der Waals surface area (Å²) in [4.78, 5) is 14.0. The summed E-state index contributed by atoms with van der Waals surface area (Å²) in [5.41, 5.74) is 0.352. The second-order valence-corrected chi connectivity index (χ2v) is 1.50. The number of carbonyl (C=O) groups excluding carboxylic acids is 1. The molecular weight excluding hydrogens is 114 g/mol. The van der Waals surface area contributed by atoms with Crippen LogP contribution in [0.1, 0.15) is 6.92 Å². The van der Waals surface area contributed by atoms with E-state index in [2.05, 4.69) is 18.3 Å². The maximum Gasteiger partial charge on any atom is 0.178 e. The molecule has 48 valence electrons. The zero-order valence-electron chi connectivity index (χ0n) is 5.42. The lowest BCUT2D eigenvalue weighted by molar-refractivity contribution is -0.113. The summed E-state index contributed by atoms with van der Waals surface area (Å²) < 4.78 is 0. The van der Waals surface area contributed by atoms with E-state index in [1.807, 2.05) is 0 Å². The van der Waals surface area contributed by atoms with Crippen LogP contribution in [0.25, 0.3) is 0 Å². The fourth-order valence-electron chi connectivity index (χ4n) is 0.393. The van der Waals surface area contributed by atoms with Crippen LogP contribution in [-0.2, 0) is 4.79 Å². The fourth-order valence-corrected chi connectivity index (χ4v) is 0.393. The molecule has 0 atom stereocenters. The molecule has 0 N–H and O–H groups in total. The Hall–Kier alpha value is -1.18. The highest BCUT2D eigenvalue weighted by atomic mass is 16.1. The van der Waals surface area contributed by atoms with E-state index >= 15 is 0 Å². The van der Waals surface area contributed by atoms with Gasteiger partial charge in [-0.3, -0.25) is 9.79 Å². The summed E-state index contributed by atoms with van der Waals surface area (Å²) in [5.74, 6) is -0.0927. The number of carbonyl (C=O) groups is 1. The van der Waals surface area contributed by atoms with Crippen LogP contribution in [0.3, 0.4) is 0 Å². The SMILES string of the molecule is C=C/C=C(\N=C)C(C)=O. The first kappa shape index (κ1) is 7.82. The van der Waals surface area contributed by atoms with Gasteiger partial charge in [-0.15, -0.1) is 0 Å². The van der Waals surface area contributed by atoms with Crippen LogP contribution in [0, 0.1) is 0 Å². The molecule has 0 radical (unpaired) electrons. The summed E-state index contributed by atoms with van der Waals surface area (Å²) in [7, 11) is 0. The van der Waals surface area contributed by atoms with Gasteiger partial charge in [-0.25, -0.2) is 0 Å². The van der Waals surface area contributed by atoms with Crippen LogP contribution >= 0.6 is 0 Å². The normalized spacial score (nSPS) is 10.6. The number of Topliss-reactive ketones (excluding diaryl/α,β-unsaturated/α-hetero) is 1. The number of allylic oxidation sites excluding steroid dienone is 3. The maximum atomic E-state index is 10.5. The van der Waals surface area contributed by atoms with E-state index in [0.29, 0.717) is 5.70 Å². The number of ketones is 1. The van der Waals surface area contributed by atoms with Crippen molar-refractivity contribution in [3.63, 3.8) is 0 Å². The van der Waals surface area contributed by atoms with Gasteiger partial charge < -0.3 is 0 Å². The lowest BCUT2D eigenvalue weighted by Gasteiger charge is -1.88. The maximum absolute atomic E-state index is 10.5. The quantitative estimate of drug-likeness (QED) is 0.316. The number of aliphatic imine (C=N–C) groups is 1. The van der Waals surface area contributed by atoms with E-state index in [4.69, 9.17) is 0 Å². The van der Waals surface area contributed by atoms with Crippen LogP contribution in [-0.4, -0.2) is 12.5 Å². The van der Waals surface area contributed by atoms with Crippen LogP contribution in [0.5, 0.6) is 0 Å². The van der Waals surface area contributed by atoms with Crippen molar-refractivity contribution in [2.24, 2.45) is 4.99 Å². The highest BCUT2D eigenvalue weighted by Gasteiger charge is 1.95. The molecule has 0 aromatic rings. The zero-order chi connectivity index (χ0) is 7.28. The van der Waals surface area contributed by atoms with Crippen LogP contribution in [0.15, 0.2) is 29.4 Å². The topological polar surface area (TPSA) is 29.4 Å². The summed E-state index contributed by atoms with van der Waals surface area (Å²) in [6, 6.07) is 0. The first-order chi connectivity index (χ1) is 4.22.